The van der Waals surface area contributed by atoms with Crippen LogP contribution in [-0.2, 0) is 11.2 Å². The first kappa shape index (κ1) is 18.4. The van der Waals surface area contributed by atoms with Gasteiger partial charge in [-0.2, -0.15) is 5.10 Å². The lowest BCUT2D eigenvalue weighted by Crippen LogP contribution is -2.44. The maximum atomic E-state index is 12.5. The van der Waals surface area contributed by atoms with Crippen molar-refractivity contribution in [3.8, 4) is 11.3 Å². The van der Waals surface area contributed by atoms with E-state index >= 15 is 0 Å². The fourth-order valence-electron chi connectivity index (χ4n) is 2.49. The van der Waals surface area contributed by atoms with Crippen molar-refractivity contribution in [1.29, 1.82) is 0 Å². The Morgan fingerprint density at radius 2 is 1.85 bits per heavy atom. The number of hydrogen-bond donors (Lipinski definition) is 4. The van der Waals surface area contributed by atoms with Gasteiger partial charge >= 0.3 is 6.09 Å². The summed E-state index contributed by atoms with van der Waals surface area (Å²) in [7, 11) is 0. The fourth-order valence-corrected chi connectivity index (χ4v) is 2.62. The molecular formula is C18H16ClN5O3. The number of benzene rings is 1. The smallest absolute Gasteiger partial charge is 0.405 e. The van der Waals surface area contributed by atoms with E-state index in [4.69, 9.17) is 16.7 Å². The molecule has 3 aromatic rings. The van der Waals surface area contributed by atoms with Crippen LogP contribution < -0.4 is 10.6 Å². The molecule has 8 nitrogen and oxygen atoms in total. The molecule has 0 radical (unpaired) electrons. The number of aromatic amines is 1. The minimum atomic E-state index is -1.29. The normalized spacial score (nSPS) is 11.6. The summed E-state index contributed by atoms with van der Waals surface area (Å²) in [5.41, 5.74) is 2.24. The first-order chi connectivity index (χ1) is 13.0. The molecule has 0 aliphatic heterocycles. The second-order valence-electron chi connectivity index (χ2n) is 5.72. The molecule has 9 heteroatoms. The maximum Gasteiger partial charge on any atom is 0.405 e. The Hall–Kier alpha value is -3.39. The van der Waals surface area contributed by atoms with Gasteiger partial charge < -0.3 is 15.7 Å². The van der Waals surface area contributed by atoms with Gasteiger partial charge in [0.15, 0.2) is 0 Å². The molecule has 3 rings (SSSR count). The number of amides is 2. The molecule has 1 aromatic carbocycles. The monoisotopic (exact) mass is 385 g/mol. The number of carboxylic acid groups (broad SMARTS) is 1. The van der Waals surface area contributed by atoms with Crippen molar-refractivity contribution in [1.82, 2.24) is 20.5 Å². The van der Waals surface area contributed by atoms with E-state index in [1.54, 1.807) is 54.9 Å². The predicted octanol–water partition coefficient (Wildman–Crippen LogP) is 2.94. The van der Waals surface area contributed by atoms with Crippen LogP contribution in [-0.4, -0.2) is 38.3 Å². The first-order valence-corrected chi connectivity index (χ1v) is 8.39. The lowest BCUT2D eigenvalue weighted by atomic mass is 10.1. The fraction of sp³-hybridized carbons (Fsp3) is 0.111. The minimum absolute atomic E-state index is 0.181. The van der Waals surface area contributed by atoms with Crippen LogP contribution in [0.4, 0.5) is 10.6 Å². The number of aromatic nitrogens is 3. The highest BCUT2D eigenvalue weighted by Crippen LogP contribution is 2.19. The zero-order chi connectivity index (χ0) is 19.2. The van der Waals surface area contributed by atoms with Crippen LogP contribution in [0.2, 0.25) is 5.02 Å². The van der Waals surface area contributed by atoms with E-state index in [9.17, 15) is 9.59 Å². The number of carbonyl (C=O) groups is 2. The van der Waals surface area contributed by atoms with Crippen molar-refractivity contribution >= 4 is 29.4 Å². The number of rotatable bonds is 6. The Balaban J connectivity index is 1.71. The van der Waals surface area contributed by atoms with Crippen molar-refractivity contribution in [3.63, 3.8) is 0 Å². The summed E-state index contributed by atoms with van der Waals surface area (Å²) in [6.45, 7) is 0. The summed E-state index contributed by atoms with van der Waals surface area (Å²) in [5, 5.41) is 21.3. The molecule has 2 aromatic heterocycles. The molecule has 0 fully saturated rings. The van der Waals surface area contributed by atoms with Crippen molar-refractivity contribution in [2.75, 3.05) is 5.32 Å². The van der Waals surface area contributed by atoms with Gasteiger partial charge in [0.05, 0.1) is 5.69 Å². The van der Waals surface area contributed by atoms with E-state index in [1.807, 2.05) is 0 Å². The summed E-state index contributed by atoms with van der Waals surface area (Å²) in [6, 6.07) is 11.1. The van der Waals surface area contributed by atoms with Crippen LogP contribution in [0.5, 0.6) is 0 Å². The number of nitrogens with one attached hydrogen (secondary N) is 3. The van der Waals surface area contributed by atoms with Gasteiger partial charge in [-0.15, -0.1) is 0 Å². The second kappa shape index (κ2) is 8.33. The minimum Gasteiger partial charge on any atom is -0.465 e. The number of halogens is 1. The van der Waals surface area contributed by atoms with Crippen LogP contribution >= 0.6 is 11.6 Å². The topological polar surface area (TPSA) is 120 Å². The highest BCUT2D eigenvalue weighted by atomic mass is 35.5. The van der Waals surface area contributed by atoms with Crippen LogP contribution in [0, 0.1) is 0 Å². The molecule has 0 spiro atoms. The number of carbonyl (C=O) groups excluding carboxylic acids is 1. The number of hydrogen-bond acceptors (Lipinski definition) is 4. The van der Waals surface area contributed by atoms with Crippen LogP contribution in [0.3, 0.4) is 0 Å². The molecule has 0 unspecified atom stereocenters. The predicted molar refractivity (Wildman–Crippen MR) is 101 cm³/mol. The quantitative estimate of drug-likeness (QED) is 0.520. The van der Waals surface area contributed by atoms with Gasteiger partial charge in [0.1, 0.15) is 11.9 Å². The first-order valence-electron chi connectivity index (χ1n) is 8.02. The van der Waals surface area contributed by atoms with Crippen molar-refractivity contribution in [2.45, 2.75) is 12.5 Å². The summed E-state index contributed by atoms with van der Waals surface area (Å²) in [5.74, 6) is -0.141. The molecule has 0 bridgehead atoms. The van der Waals surface area contributed by atoms with Gasteiger partial charge in [-0.1, -0.05) is 23.7 Å². The molecule has 138 valence electrons. The molecule has 0 aliphatic carbocycles. The average Bonchev–Trinajstić information content (AvgIpc) is 3.12. The largest absolute Gasteiger partial charge is 0.465 e. The van der Waals surface area contributed by atoms with E-state index in [2.05, 4.69) is 25.8 Å². The molecule has 0 saturated carbocycles. The van der Waals surface area contributed by atoms with Gasteiger partial charge in [-0.05, 0) is 29.8 Å². The summed E-state index contributed by atoms with van der Waals surface area (Å²) in [4.78, 5) is 27.5. The van der Waals surface area contributed by atoms with Crippen molar-refractivity contribution < 1.29 is 14.7 Å². The van der Waals surface area contributed by atoms with Crippen LogP contribution in [0.25, 0.3) is 11.3 Å². The summed E-state index contributed by atoms with van der Waals surface area (Å²) >= 11 is 5.85. The molecular weight excluding hydrogens is 370 g/mol. The summed E-state index contributed by atoms with van der Waals surface area (Å²) < 4.78 is 0. The van der Waals surface area contributed by atoms with E-state index in [1.165, 1.54) is 0 Å². The molecule has 1 atom stereocenters. The standard InChI is InChI=1S/C18H16ClN5O3/c19-13-3-1-11(2-4-13)9-15(21-18(26)27)17(25)22-16-10-14(23-24-16)12-5-7-20-8-6-12/h1-8,10,15,21H,9H2,(H,26,27)(H2,22,23,24,25)/t15-/m0/s1. The van der Waals surface area contributed by atoms with E-state index < -0.39 is 18.0 Å². The zero-order valence-electron chi connectivity index (χ0n) is 14.0. The molecule has 2 amide bonds. The van der Waals surface area contributed by atoms with Crippen LogP contribution in [0.15, 0.2) is 54.9 Å². The molecule has 27 heavy (non-hydrogen) atoms. The van der Waals surface area contributed by atoms with Crippen molar-refractivity contribution in [3.05, 3.63) is 65.4 Å². The maximum absolute atomic E-state index is 12.5. The number of H-pyrrole nitrogens is 1. The third-order valence-corrected chi connectivity index (χ3v) is 4.03. The Bertz CT molecular complexity index is 928. The van der Waals surface area contributed by atoms with Gasteiger partial charge in [0, 0.05) is 35.5 Å². The Kier molecular flexibility index (Phi) is 5.68. The van der Waals surface area contributed by atoms with E-state index in [0.29, 0.717) is 16.5 Å². The Morgan fingerprint density at radius 1 is 1.15 bits per heavy atom. The van der Waals surface area contributed by atoms with Crippen molar-refractivity contribution in [2.24, 2.45) is 0 Å². The third-order valence-electron chi connectivity index (χ3n) is 3.78. The summed E-state index contributed by atoms with van der Waals surface area (Å²) in [6.07, 6.45) is 2.18. The molecule has 0 saturated heterocycles. The molecule has 0 aliphatic rings. The Morgan fingerprint density at radius 3 is 2.52 bits per heavy atom. The van der Waals surface area contributed by atoms with Crippen LogP contribution in [0.1, 0.15) is 5.56 Å². The highest BCUT2D eigenvalue weighted by molar-refractivity contribution is 6.30. The zero-order valence-corrected chi connectivity index (χ0v) is 14.8. The van der Waals surface area contributed by atoms with Gasteiger partial charge in [-0.3, -0.25) is 14.9 Å². The SMILES string of the molecule is O=C(O)N[C@@H](Cc1ccc(Cl)cc1)C(=O)Nc1cc(-c2ccncc2)n[nH]1. The lowest BCUT2D eigenvalue weighted by molar-refractivity contribution is -0.118. The van der Waals surface area contributed by atoms with Gasteiger partial charge in [0.25, 0.3) is 0 Å². The Labute approximate surface area is 159 Å². The lowest BCUT2D eigenvalue weighted by Gasteiger charge is -2.16. The highest BCUT2D eigenvalue weighted by Gasteiger charge is 2.22. The van der Waals surface area contributed by atoms with E-state index in [0.717, 1.165) is 11.1 Å². The van der Waals surface area contributed by atoms with Gasteiger partial charge in [-0.25, -0.2) is 4.79 Å². The third kappa shape index (κ3) is 5.05. The van der Waals surface area contributed by atoms with Gasteiger partial charge in [0.2, 0.25) is 5.91 Å². The number of nitrogens with zero attached hydrogens (tertiary/aromatic N) is 2. The average molecular weight is 386 g/mol. The second-order valence-corrected chi connectivity index (χ2v) is 6.16. The number of pyridine rings is 1. The molecule has 4 N–H and O–H groups in total. The number of anilines is 1. The van der Waals surface area contributed by atoms with E-state index in [-0.39, 0.29) is 6.42 Å². The molecule has 2 heterocycles.